The lowest BCUT2D eigenvalue weighted by atomic mass is 9.94. The molecule has 0 heterocycles. The van der Waals surface area contributed by atoms with Gasteiger partial charge in [-0.2, -0.15) is 0 Å². The molecule has 1 atom stereocenters. The first-order chi connectivity index (χ1) is 6.99. The van der Waals surface area contributed by atoms with E-state index in [4.69, 9.17) is 11.6 Å². The van der Waals surface area contributed by atoms with E-state index >= 15 is 0 Å². The van der Waals surface area contributed by atoms with Crippen LogP contribution in [0.5, 0.6) is 0 Å². The maximum absolute atomic E-state index is 11.3. The van der Waals surface area contributed by atoms with Crippen LogP contribution in [0.25, 0.3) is 0 Å². The number of hydrogen-bond donors (Lipinski definition) is 3. The molecule has 0 saturated heterocycles. The molecule has 82 valence electrons. The maximum atomic E-state index is 11.3. The summed E-state index contributed by atoms with van der Waals surface area (Å²) in [5.41, 5.74) is 12.1. The second kappa shape index (κ2) is 4.42. The Morgan fingerprint density at radius 1 is 1.27 bits per heavy atom. The summed E-state index contributed by atoms with van der Waals surface area (Å²) < 4.78 is 0. The van der Waals surface area contributed by atoms with Crippen LogP contribution in [0.15, 0.2) is 12.1 Å². The highest BCUT2D eigenvalue weighted by atomic mass is 16.2. The number of rotatable bonds is 2. The number of aryl methyl sites for hydroxylation is 1. The van der Waals surface area contributed by atoms with Crippen molar-refractivity contribution in [2.45, 2.75) is 26.8 Å². The molecule has 0 aromatic heterocycles. The largest absolute Gasteiger partial charge is 0.316 e. The fourth-order valence-electron chi connectivity index (χ4n) is 1.54. The van der Waals surface area contributed by atoms with Gasteiger partial charge in [-0.25, -0.2) is 5.84 Å². The molecule has 1 aromatic carbocycles. The van der Waals surface area contributed by atoms with E-state index in [2.05, 4.69) is 5.43 Å². The van der Waals surface area contributed by atoms with E-state index in [0.29, 0.717) is 0 Å². The Balaban J connectivity index is 3.16. The molecule has 0 radical (unpaired) electrons. The number of carbonyl (C=O) groups excluding carboxylic acids is 1. The molecule has 0 aliphatic carbocycles. The predicted molar refractivity (Wildman–Crippen MR) is 59.9 cm³/mol. The Morgan fingerprint density at radius 2 is 1.87 bits per heavy atom. The van der Waals surface area contributed by atoms with Crippen molar-refractivity contribution in [1.82, 2.24) is 5.43 Å². The van der Waals surface area contributed by atoms with Crippen molar-refractivity contribution in [2.75, 3.05) is 0 Å². The minimum absolute atomic E-state index is 0.374. The summed E-state index contributed by atoms with van der Waals surface area (Å²) in [7, 11) is 0. The normalized spacial score (nSPS) is 12.3. The van der Waals surface area contributed by atoms with Gasteiger partial charge >= 0.3 is 0 Å². The lowest BCUT2D eigenvalue weighted by Gasteiger charge is -2.16. The minimum atomic E-state index is -0.700. The van der Waals surface area contributed by atoms with Gasteiger partial charge < -0.3 is 5.73 Å². The molecular formula is C11H17N3O. The van der Waals surface area contributed by atoms with Crippen molar-refractivity contribution in [3.8, 4) is 0 Å². The van der Waals surface area contributed by atoms with Crippen molar-refractivity contribution in [3.63, 3.8) is 0 Å². The van der Waals surface area contributed by atoms with E-state index in [9.17, 15) is 4.79 Å². The summed E-state index contributed by atoms with van der Waals surface area (Å²) >= 11 is 0. The van der Waals surface area contributed by atoms with Crippen molar-refractivity contribution >= 4 is 5.91 Å². The molecule has 15 heavy (non-hydrogen) atoms. The Bertz CT molecular complexity index is 388. The highest BCUT2D eigenvalue weighted by molar-refractivity contribution is 5.82. The Hall–Kier alpha value is -1.39. The highest BCUT2D eigenvalue weighted by Gasteiger charge is 2.17. The van der Waals surface area contributed by atoms with Crippen LogP contribution in [0.4, 0.5) is 0 Å². The second-order valence-electron chi connectivity index (χ2n) is 3.71. The number of nitrogens with two attached hydrogens (primary N) is 2. The molecule has 4 nitrogen and oxygen atoms in total. The van der Waals surface area contributed by atoms with Crippen molar-refractivity contribution in [3.05, 3.63) is 34.4 Å². The number of nitrogens with one attached hydrogen (secondary N) is 1. The van der Waals surface area contributed by atoms with Crippen molar-refractivity contribution in [1.29, 1.82) is 0 Å². The van der Waals surface area contributed by atoms with Crippen molar-refractivity contribution < 1.29 is 4.79 Å². The van der Waals surface area contributed by atoms with E-state index in [1.54, 1.807) is 0 Å². The van der Waals surface area contributed by atoms with Crippen LogP contribution >= 0.6 is 0 Å². The molecule has 0 saturated carbocycles. The average molecular weight is 207 g/mol. The molecular weight excluding hydrogens is 190 g/mol. The third kappa shape index (κ3) is 2.16. The van der Waals surface area contributed by atoms with Gasteiger partial charge in [-0.15, -0.1) is 0 Å². The third-order valence-electron chi connectivity index (χ3n) is 2.86. The number of hydrazine groups is 1. The highest BCUT2D eigenvalue weighted by Crippen LogP contribution is 2.21. The Morgan fingerprint density at radius 3 is 2.40 bits per heavy atom. The Kier molecular flexibility index (Phi) is 3.44. The summed E-state index contributed by atoms with van der Waals surface area (Å²) in [4.78, 5) is 11.3. The smallest absolute Gasteiger partial charge is 0.255 e. The molecule has 1 rings (SSSR count). The van der Waals surface area contributed by atoms with Crippen LogP contribution in [0, 0.1) is 20.8 Å². The van der Waals surface area contributed by atoms with Gasteiger partial charge in [0, 0.05) is 0 Å². The summed E-state index contributed by atoms with van der Waals surface area (Å²) in [6, 6.07) is 3.13. The van der Waals surface area contributed by atoms with Gasteiger partial charge in [0.25, 0.3) is 5.91 Å². The van der Waals surface area contributed by atoms with Crippen LogP contribution in [0.2, 0.25) is 0 Å². The standard InChI is InChI=1S/C11H17N3O/c1-6-4-5-9(8(3)7(6)2)10(12)11(15)14-13/h4-5,10H,12-13H2,1-3H3,(H,14,15). The quantitative estimate of drug-likeness (QED) is 0.377. The summed E-state index contributed by atoms with van der Waals surface area (Å²) in [5, 5.41) is 0. The summed E-state index contributed by atoms with van der Waals surface area (Å²) in [6.07, 6.45) is 0. The molecule has 0 bridgehead atoms. The fourth-order valence-corrected chi connectivity index (χ4v) is 1.54. The first kappa shape index (κ1) is 11.7. The second-order valence-corrected chi connectivity index (χ2v) is 3.71. The van der Waals surface area contributed by atoms with Crippen LogP contribution in [0.3, 0.4) is 0 Å². The van der Waals surface area contributed by atoms with Gasteiger partial charge in [0.2, 0.25) is 0 Å². The summed E-state index contributed by atoms with van der Waals surface area (Å²) in [6.45, 7) is 6.00. The van der Waals surface area contributed by atoms with Crippen molar-refractivity contribution in [2.24, 2.45) is 11.6 Å². The van der Waals surface area contributed by atoms with Gasteiger partial charge in [-0.3, -0.25) is 10.2 Å². The van der Waals surface area contributed by atoms with Crippen LogP contribution in [-0.2, 0) is 4.79 Å². The predicted octanol–water partition coefficient (Wildman–Crippen LogP) is 0.602. The van der Waals surface area contributed by atoms with Crippen LogP contribution in [0.1, 0.15) is 28.3 Å². The summed E-state index contributed by atoms with van der Waals surface area (Å²) in [5.74, 6) is 4.68. The average Bonchev–Trinajstić information content (AvgIpc) is 2.24. The minimum Gasteiger partial charge on any atom is -0.316 e. The molecule has 1 unspecified atom stereocenters. The molecule has 0 spiro atoms. The van der Waals surface area contributed by atoms with Gasteiger partial charge in [0.15, 0.2) is 0 Å². The monoisotopic (exact) mass is 207 g/mol. The first-order valence-corrected chi connectivity index (χ1v) is 4.81. The fraction of sp³-hybridized carbons (Fsp3) is 0.364. The molecule has 5 N–H and O–H groups in total. The lowest BCUT2D eigenvalue weighted by Crippen LogP contribution is -2.38. The number of hydrogen-bond acceptors (Lipinski definition) is 3. The molecule has 1 amide bonds. The van der Waals surface area contributed by atoms with E-state index in [-0.39, 0.29) is 5.91 Å². The molecule has 4 heteroatoms. The molecule has 0 aliphatic heterocycles. The van der Waals surface area contributed by atoms with Gasteiger partial charge in [-0.1, -0.05) is 12.1 Å². The van der Waals surface area contributed by atoms with E-state index in [1.807, 2.05) is 32.9 Å². The van der Waals surface area contributed by atoms with E-state index in [1.165, 1.54) is 5.56 Å². The van der Waals surface area contributed by atoms with E-state index in [0.717, 1.165) is 16.7 Å². The topological polar surface area (TPSA) is 81.1 Å². The molecule has 0 fully saturated rings. The van der Waals surface area contributed by atoms with Crippen LogP contribution < -0.4 is 17.0 Å². The third-order valence-corrected chi connectivity index (χ3v) is 2.86. The number of amides is 1. The zero-order valence-corrected chi connectivity index (χ0v) is 9.29. The lowest BCUT2D eigenvalue weighted by molar-refractivity contribution is -0.122. The Labute approximate surface area is 89.6 Å². The number of benzene rings is 1. The maximum Gasteiger partial charge on any atom is 0.255 e. The zero-order chi connectivity index (χ0) is 11.6. The van der Waals surface area contributed by atoms with Gasteiger partial charge in [0.1, 0.15) is 6.04 Å². The zero-order valence-electron chi connectivity index (χ0n) is 9.29. The van der Waals surface area contributed by atoms with E-state index < -0.39 is 6.04 Å². The molecule has 1 aromatic rings. The SMILES string of the molecule is Cc1ccc(C(N)C(=O)NN)c(C)c1C. The van der Waals surface area contributed by atoms with Crippen LogP contribution in [-0.4, -0.2) is 5.91 Å². The number of carbonyl (C=O) groups is 1. The van der Waals surface area contributed by atoms with Gasteiger partial charge in [0.05, 0.1) is 0 Å². The first-order valence-electron chi connectivity index (χ1n) is 4.81. The van der Waals surface area contributed by atoms with Gasteiger partial charge in [-0.05, 0) is 43.0 Å². The molecule has 0 aliphatic rings.